The average molecular weight is 517 g/mol. The average Bonchev–Trinajstić information content (AvgIpc) is 3.48. The van der Waals surface area contributed by atoms with Crippen LogP contribution in [0.2, 0.25) is 0 Å². The van der Waals surface area contributed by atoms with Crippen LogP contribution in [0.5, 0.6) is 0 Å². The minimum absolute atomic E-state index is 0.0354. The van der Waals surface area contributed by atoms with Crippen LogP contribution >= 0.6 is 23.3 Å². The minimum atomic E-state index is -1.21. The number of nitrogens with two attached hydrogens (primary N) is 1. The fourth-order valence-corrected chi connectivity index (χ4v) is 5.67. The van der Waals surface area contributed by atoms with Crippen LogP contribution in [0, 0.1) is 0 Å². The maximum absolute atomic E-state index is 13.0. The number of thioether (sulfide) groups is 1. The second-order valence-corrected chi connectivity index (χ2v) is 9.44. The van der Waals surface area contributed by atoms with Gasteiger partial charge in [-0.05, 0) is 6.07 Å². The first-order valence-electron chi connectivity index (χ1n) is 10.1. The normalized spacial score (nSPS) is 20.0. The maximum Gasteiger partial charge on any atom is 0.352 e. The molecule has 0 aliphatic carbocycles. The number of aliphatic carboxylic acids is 1. The number of rotatable bonds is 7. The summed E-state index contributed by atoms with van der Waals surface area (Å²) in [5.41, 5.74) is 6.55. The monoisotopic (exact) mass is 516 g/mol. The Bertz CT molecular complexity index is 1410. The second kappa shape index (κ2) is 8.99. The number of carboxylic acids is 1. The Labute approximate surface area is 205 Å². The van der Waals surface area contributed by atoms with E-state index in [2.05, 4.69) is 19.8 Å². The third kappa shape index (κ3) is 4.08. The van der Waals surface area contributed by atoms with Gasteiger partial charge in [-0.25, -0.2) is 9.36 Å². The SMILES string of the molecule is CON=C(C(=O)NC1C(=O)N2C(C(=O)O)=C(C[n+]3ccc4occc4c3)CS[C@@H]12)c1nsc(N)n1. The van der Waals surface area contributed by atoms with E-state index >= 15 is 0 Å². The van der Waals surface area contributed by atoms with E-state index in [9.17, 15) is 19.5 Å². The van der Waals surface area contributed by atoms with Gasteiger partial charge in [-0.1, -0.05) is 5.16 Å². The van der Waals surface area contributed by atoms with Crippen molar-refractivity contribution in [3.63, 3.8) is 0 Å². The first-order valence-corrected chi connectivity index (χ1v) is 12.0. The van der Waals surface area contributed by atoms with Gasteiger partial charge in [-0.2, -0.15) is 9.36 Å². The van der Waals surface area contributed by atoms with Gasteiger partial charge in [0.1, 0.15) is 29.8 Å². The molecule has 3 aromatic heterocycles. The van der Waals surface area contributed by atoms with E-state index in [-0.39, 0.29) is 28.9 Å². The number of pyridine rings is 1. The number of carbonyl (C=O) groups excluding carboxylic acids is 2. The van der Waals surface area contributed by atoms with Gasteiger partial charge < -0.3 is 25.4 Å². The van der Waals surface area contributed by atoms with Crippen molar-refractivity contribution in [1.82, 2.24) is 19.6 Å². The Balaban J connectivity index is 1.36. The van der Waals surface area contributed by atoms with Crippen molar-refractivity contribution in [2.24, 2.45) is 5.16 Å². The molecule has 35 heavy (non-hydrogen) atoms. The number of amides is 2. The van der Waals surface area contributed by atoms with Gasteiger partial charge in [0.05, 0.1) is 11.6 Å². The highest BCUT2D eigenvalue weighted by molar-refractivity contribution is 8.00. The summed E-state index contributed by atoms with van der Waals surface area (Å²) in [7, 11) is 1.25. The number of β-lactam (4-membered cyclic amide) rings is 1. The smallest absolute Gasteiger partial charge is 0.352 e. The molecule has 2 aliphatic rings. The molecule has 2 atom stereocenters. The van der Waals surface area contributed by atoms with Crippen LogP contribution in [-0.4, -0.2) is 67.1 Å². The van der Waals surface area contributed by atoms with Crippen LogP contribution < -0.4 is 15.6 Å². The summed E-state index contributed by atoms with van der Waals surface area (Å²) in [5.74, 6) is -2.16. The van der Waals surface area contributed by atoms with Crippen molar-refractivity contribution < 1.29 is 33.3 Å². The van der Waals surface area contributed by atoms with E-state index in [4.69, 9.17) is 15.0 Å². The number of hydrogen-bond acceptors (Lipinski definition) is 11. The number of nitrogens with zero attached hydrogens (tertiary/aromatic N) is 5. The van der Waals surface area contributed by atoms with Crippen LogP contribution in [0.25, 0.3) is 11.0 Å². The molecule has 0 bridgehead atoms. The number of carboxylic acid groups (broad SMARTS) is 1. The van der Waals surface area contributed by atoms with Gasteiger partial charge in [0, 0.05) is 28.9 Å². The number of carbonyl (C=O) groups is 3. The van der Waals surface area contributed by atoms with Crippen molar-refractivity contribution in [1.29, 1.82) is 0 Å². The Morgan fingerprint density at radius 3 is 3.00 bits per heavy atom. The molecule has 2 amide bonds. The third-order valence-corrected chi connectivity index (χ3v) is 7.29. The molecule has 180 valence electrons. The summed E-state index contributed by atoms with van der Waals surface area (Å²) >= 11 is 2.24. The lowest BCUT2D eigenvalue weighted by Gasteiger charge is -2.49. The third-order valence-electron chi connectivity index (χ3n) is 5.41. The van der Waals surface area contributed by atoms with Gasteiger partial charge in [0.25, 0.3) is 11.8 Å². The summed E-state index contributed by atoms with van der Waals surface area (Å²) in [6.45, 7) is 0.283. The predicted octanol–water partition coefficient (Wildman–Crippen LogP) is -0.0567. The number of fused-ring (bicyclic) bond motifs is 2. The van der Waals surface area contributed by atoms with Crippen LogP contribution in [0.15, 0.2) is 51.6 Å². The Hall–Kier alpha value is -3.98. The van der Waals surface area contributed by atoms with Crippen LogP contribution in [0.4, 0.5) is 5.13 Å². The molecular weight excluding hydrogens is 498 g/mol. The Kier molecular flexibility index (Phi) is 5.86. The van der Waals surface area contributed by atoms with Crippen molar-refractivity contribution in [3.8, 4) is 0 Å². The van der Waals surface area contributed by atoms with Crippen molar-refractivity contribution >= 4 is 62.9 Å². The molecule has 1 unspecified atom stereocenters. The molecule has 5 heterocycles. The molecule has 15 heteroatoms. The van der Waals surface area contributed by atoms with Gasteiger partial charge in [-0.15, -0.1) is 11.8 Å². The van der Waals surface area contributed by atoms with E-state index in [0.29, 0.717) is 11.3 Å². The standard InChI is InChI=1S/C20H17N7O6S2/c1-32-24-12(15-23-20(21)35-25-15)16(28)22-13-17(29)27-14(19(30)31)10(8-34-18(13)27)7-26-4-2-11-9(6-26)3-5-33-11/h2-6,13,18H,7-8H2,1H3,(H3-,21,22,23,25,28,30,31)/p+1/t13?,18-/m0/s1. The van der Waals surface area contributed by atoms with Gasteiger partial charge >= 0.3 is 5.97 Å². The number of oxime groups is 1. The van der Waals surface area contributed by atoms with Gasteiger partial charge in [0.15, 0.2) is 24.1 Å². The summed E-state index contributed by atoms with van der Waals surface area (Å²) in [4.78, 5) is 47.8. The van der Waals surface area contributed by atoms with Crippen LogP contribution in [0.1, 0.15) is 5.82 Å². The molecular formula is C20H18N7O6S2+. The van der Waals surface area contributed by atoms with E-state index in [1.807, 2.05) is 16.8 Å². The first kappa shape index (κ1) is 22.8. The number of nitrogen functional groups attached to an aromatic ring is 1. The Morgan fingerprint density at radius 2 is 2.29 bits per heavy atom. The highest BCUT2D eigenvalue weighted by Gasteiger charge is 2.54. The van der Waals surface area contributed by atoms with Crippen molar-refractivity contribution in [2.45, 2.75) is 18.0 Å². The largest absolute Gasteiger partial charge is 0.477 e. The molecule has 0 aromatic carbocycles. The Morgan fingerprint density at radius 1 is 1.46 bits per heavy atom. The number of furan rings is 1. The lowest BCUT2D eigenvalue weighted by atomic mass is 10.0. The molecule has 2 aliphatic heterocycles. The fraction of sp³-hybridized carbons (Fsp3) is 0.250. The highest BCUT2D eigenvalue weighted by atomic mass is 32.2. The molecule has 3 aromatic rings. The molecule has 4 N–H and O–H groups in total. The maximum atomic E-state index is 13.0. The lowest BCUT2D eigenvalue weighted by molar-refractivity contribution is -0.687. The lowest BCUT2D eigenvalue weighted by Crippen LogP contribution is -2.71. The molecule has 1 fully saturated rings. The van der Waals surface area contributed by atoms with Gasteiger partial charge in [0.2, 0.25) is 11.5 Å². The quantitative estimate of drug-likeness (QED) is 0.167. The van der Waals surface area contributed by atoms with Crippen LogP contribution in [-0.2, 0) is 25.8 Å². The molecule has 1 saturated heterocycles. The summed E-state index contributed by atoms with van der Waals surface area (Å²) in [5, 5.41) is 16.6. The molecule has 0 spiro atoms. The van der Waals surface area contributed by atoms with Crippen molar-refractivity contribution in [3.05, 3.63) is 47.9 Å². The molecule has 0 radical (unpaired) electrons. The minimum Gasteiger partial charge on any atom is -0.477 e. The van der Waals surface area contributed by atoms with E-state index in [1.54, 1.807) is 18.5 Å². The number of hydrogen-bond donors (Lipinski definition) is 3. The summed E-state index contributed by atoms with van der Waals surface area (Å²) in [6, 6.07) is 2.66. The second-order valence-electron chi connectivity index (χ2n) is 7.55. The zero-order chi connectivity index (χ0) is 24.7. The predicted molar refractivity (Wildman–Crippen MR) is 124 cm³/mol. The van der Waals surface area contributed by atoms with E-state index in [0.717, 1.165) is 22.5 Å². The topological polar surface area (TPSA) is 177 Å². The zero-order valence-corrected chi connectivity index (χ0v) is 19.7. The molecule has 13 nitrogen and oxygen atoms in total. The number of aromatic nitrogens is 3. The molecule has 5 rings (SSSR count). The first-order chi connectivity index (χ1) is 16.9. The van der Waals surface area contributed by atoms with Crippen LogP contribution in [0.3, 0.4) is 0 Å². The number of anilines is 1. The number of nitrogens with one attached hydrogen (secondary N) is 1. The molecule has 0 saturated carbocycles. The fourth-order valence-electron chi connectivity index (χ4n) is 3.90. The highest BCUT2D eigenvalue weighted by Crippen LogP contribution is 2.40. The van der Waals surface area contributed by atoms with E-state index in [1.165, 1.54) is 23.8 Å². The van der Waals surface area contributed by atoms with Gasteiger partial charge in [-0.3, -0.25) is 14.5 Å². The summed E-state index contributed by atoms with van der Waals surface area (Å²) in [6.07, 6.45) is 5.21. The van der Waals surface area contributed by atoms with Crippen molar-refractivity contribution in [2.75, 3.05) is 18.6 Å². The zero-order valence-electron chi connectivity index (χ0n) is 18.1. The summed E-state index contributed by atoms with van der Waals surface area (Å²) < 4.78 is 11.1. The van der Waals surface area contributed by atoms with E-state index < -0.39 is 29.2 Å².